The number of hydrogen-bond acceptors (Lipinski definition) is 3. The van der Waals surface area contributed by atoms with Gasteiger partial charge in [0.25, 0.3) is 0 Å². The van der Waals surface area contributed by atoms with Crippen LogP contribution in [0.5, 0.6) is 0 Å². The maximum atomic E-state index is 10.7. The van der Waals surface area contributed by atoms with Crippen molar-refractivity contribution in [2.45, 2.75) is 32.7 Å². The van der Waals surface area contributed by atoms with Gasteiger partial charge in [0.15, 0.2) is 0 Å². The molecule has 0 spiro atoms. The van der Waals surface area contributed by atoms with E-state index < -0.39 is 5.97 Å². The fraction of sp³-hybridized carbons (Fsp3) is 0.353. The summed E-state index contributed by atoms with van der Waals surface area (Å²) in [6.07, 6.45) is 0.779. The first-order valence-corrected chi connectivity index (χ1v) is 7.17. The van der Waals surface area contributed by atoms with Crippen molar-refractivity contribution in [3.63, 3.8) is 0 Å². The Morgan fingerprint density at radius 1 is 1.24 bits per heavy atom. The van der Waals surface area contributed by atoms with E-state index in [1.54, 1.807) is 0 Å². The third-order valence-electron chi connectivity index (χ3n) is 3.52. The van der Waals surface area contributed by atoms with Crippen molar-refractivity contribution in [3.05, 3.63) is 54.0 Å². The SMILES string of the molecule is Cc1ccc(C(C)N(CCCC(=O)O)c2ccccc2)o1. The summed E-state index contributed by atoms with van der Waals surface area (Å²) in [5.74, 6) is 1.02. The quantitative estimate of drug-likeness (QED) is 0.835. The van der Waals surface area contributed by atoms with Gasteiger partial charge in [-0.25, -0.2) is 0 Å². The third kappa shape index (κ3) is 4.12. The average molecular weight is 287 g/mol. The van der Waals surface area contributed by atoms with Crippen LogP contribution in [0.3, 0.4) is 0 Å². The number of benzene rings is 1. The van der Waals surface area contributed by atoms with Gasteiger partial charge in [-0.2, -0.15) is 0 Å². The van der Waals surface area contributed by atoms with E-state index in [0.29, 0.717) is 13.0 Å². The monoisotopic (exact) mass is 287 g/mol. The van der Waals surface area contributed by atoms with Crippen molar-refractivity contribution in [3.8, 4) is 0 Å². The number of aryl methyl sites for hydroxylation is 1. The number of anilines is 1. The molecule has 0 radical (unpaired) electrons. The Hall–Kier alpha value is -2.23. The number of hydrogen-bond donors (Lipinski definition) is 1. The second kappa shape index (κ2) is 6.97. The van der Waals surface area contributed by atoms with E-state index in [4.69, 9.17) is 9.52 Å². The van der Waals surface area contributed by atoms with Crippen LogP contribution in [0.4, 0.5) is 5.69 Å². The highest BCUT2D eigenvalue weighted by Crippen LogP contribution is 2.28. The van der Waals surface area contributed by atoms with Crippen LogP contribution in [0, 0.1) is 6.92 Å². The molecule has 2 rings (SSSR count). The Bertz CT molecular complexity index is 577. The zero-order valence-electron chi connectivity index (χ0n) is 12.5. The summed E-state index contributed by atoms with van der Waals surface area (Å²) in [4.78, 5) is 12.9. The van der Waals surface area contributed by atoms with Gasteiger partial charge in [-0.3, -0.25) is 4.79 Å². The highest BCUT2D eigenvalue weighted by atomic mass is 16.4. The summed E-state index contributed by atoms with van der Waals surface area (Å²) >= 11 is 0. The number of carboxylic acids is 1. The third-order valence-corrected chi connectivity index (χ3v) is 3.52. The second-order valence-electron chi connectivity index (χ2n) is 5.15. The van der Waals surface area contributed by atoms with Crippen molar-refractivity contribution >= 4 is 11.7 Å². The van der Waals surface area contributed by atoms with E-state index in [1.807, 2.05) is 49.4 Å². The molecule has 0 amide bonds. The van der Waals surface area contributed by atoms with Crippen LogP contribution >= 0.6 is 0 Å². The molecule has 1 atom stereocenters. The minimum Gasteiger partial charge on any atom is -0.481 e. The van der Waals surface area contributed by atoms with Crippen molar-refractivity contribution in [1.82, 2.24) is 0 Å². The molecule has 4 heteroatoms. The largest absolute Gasteiger partial charge is 0.481 e. The standard InChI is InChI=1S/C17H21NO3/c1-13-10-11-16(21-13)14(2)18(12-6-9-17(19)20)15-7-4-3-5-8-15/h3-5,7-8,10-11,14H,6,9,12H2,1-2H3,(H,19,20). The van der Waals surface area contributed by atoms with Gasteiger partial charge < -0.3 is 14.4 Å². The molecule has 1 N–H and O–H groups in total. The molecule has 1 aromatic heterocycles. The van der Waals surface area contributed by atoms with E-state index in [-0.39, 0.29) is 12.5 Å². The molecule has 21 heavy (non-hydrogen) atoms. The van der Waals surface area contributed by atoms with Crippen molar-refractivity contribution < 1.29 is 14.3 Å². The summed E-state index contributed by atoms with van der Waals surface area (Å²) in [6.45, 7) is 4.68. The summed E-state index contributed by atoms with van der Waals surface area (Å²) in [6, 6.07) is 14.0. The molecule has 0 saturated heterocycles. The molecule has 0 aliphatic rings. The lowest BCUT2D eigenvalue weighted by molar-refractivity contribution is -0.137. The summed E-state index contributed by atoms with van der Waals surface area (Å²) < 4.78 is 5.72. The molecule has 2 aromatic rings. The number of furan rings is 1. The average Bonchev–Trinajstić information content (AvgIpc) is 2.90. The molecular formula is C17H21NO3. The van der Waals surface area contributed by atoms with Crippen molar-refractivity contribution in [1.29, 1.82) is 0 Å². The highest BCUT2D eigenvalue weighted by molar-refractivity contribution is 5.66. The highest BCUT2D eigenvalue weighted by Gasteiger charge is 2.19. The van der Waals surface area contributed by atoms with Crippen LogP contribution in [0.25, 0.3) is 0 Å². The Morgan fingerprint density at radius 2 is 1.95 bits per heavy atom. The summed E-state index contributed by atoms with van der Waals surface area (Å²) in [7, 11) is 0. The first-order valence-electron chi connectivity index (χ1n) is 7.17. The second-order valence-corrected chi connectivity index (χ2v) is 5.15. The van der Waals surface area contributed by atoms with Gasteiger partial charge in [0.2, 0.25) is 0 Å². The molecule has 1 aromatic carbocycles. The van der Waals surface area contributed by atoms with Crippen LogP contribution in [0.15, 0.2) is 46.9 Å². The molecule has 112 valence electrons. The normalized spacial score (nSPS) is 12.1. The molecule has 4 nitrogen and oxygen atoms in total. The first-order chi connectivity index (χ1) is 10.1. The number of aliphatic carboxylic acids is 1. The number of carbonyl (C=O) groups is 1. The van der Waals surface area contributed by atoms with Crippen molar-refractivity contribution in [2.24, 2.45) is 0 Å². The van der Waals surface area contributed by atoms with Gasteiger partial charge >= 0.3 is 5.97 Å². The van der Waals surface area contributed by atoms with Gasteiger partial charge in [0.1, 0.15) is 11.5 Å². The molecule has 0 fully saturated rings. The Kier molecular flexibility index (Phi) is 5.04. The lowest BCUT2D eigenvalue weighted by Gasteiger charge is -2.30. The van der Waals surface area contributed by atoms with E-state index in [0.717, 1.165) is 17.2 Å². The number of nitrogens with zero attached hydrogens (tertiary/aromatic N) is 1. The fourth-order valence-electron chi connectivity index (χ4n) is 2.40. The zero-order valence-corrected chi connectivity index (χ0v) is 12.5. The summed E-state index contributed by atoms with van der Waals surface area (Å²) in [5, 5.41) is 8.82. The van der Waals surface area contributed by atoms with E-state index in [1.165, 1.54) is 0 Å². The molecule has 0 saturated carbocycles. The Balaban J connectivity index is 2.16. The Labute approximate surface area is 125 Å². The van der Waals surface area contributed by atoms with Crippen LogP contribution in [-0.2, 0) is 4.79 Å². The first kappa shape index (κ1) is 15.2. The van der Waals surface area contributed by atoms with Crippen LogP contribution in [0.2, 0.25) is 0 Å². The molecule has 1 heterocycles. The lowest BCUT2D eigenvalue weighted by Crippen LogP contribution is -2.28. The number of rotatable bonds is 7. The predicted molar refractivity (Wildman–Crippen MR) is 82.5 cm³/mol. The molecule has 1 unspecified atom stereocenters. The fourth-order valence-corrected chi connectivity index (χ4v) is 2.40. The van der Waals surface area contributed by atoms with E-state index >= 15 is 0 Å². The van der Waals surface area contributed by atoms with Gasteiger partial charge in [-0.05, 0) is 44.5 Å². The number of carboxylic acid groups (broad SMARTS) is 1. The maximum absolute atomic E-state index is 10.7. The predicted octanol–water partition coefficient (Wildman–Crippen LogP) is 4.02. The van der Waals surface area contributed by atoms with Gasteiger partial charge in [0.05, 0.1) is 6.04 Å². The van der Waals surface area contributed by atoms with E-state index in [9.17, 15) is 4.79 Å². The topological polar surface area (TPSA) is 53.7 Å². The van der Waals surface area contributed by atoms with Crippen molar-refractivity contribution in [2.75, 3.05) is 11.4 Å². The molecule has 0 bridgehead atoms. The molecule has 0 aliphatic carbocycles. The summed E-state index contributed by atoms with van der Waals surface area (Å²) in [5.41, 5.74) is 1.07. The minimum atomic E-state index is -0.760. The lowest BCUT2D eigenvalue weighted by atomic mass is 10.1. The molecule has 0 aliphatic heterocycles. The van der Waals surface area contributed by atoms with E-state index in [2.05, 4.69) is 11.8 Å². The van der Waals surface area contributed by atoms with Crippen LogP contribution in [0.1, 0.15) is 37.3 Å². The zero-order chi connectivity index (χ0) is 15.2. The van der Waals surface area contributed by atoms with Crippen LogP contribution < -0.4 is 4.90 Å². The van der Waals surface area contributed by atoms with Crippen LogP contribution in [-0.4, -0.2) is 17.6 Å². The maximum Gasteiger partial charge on any atom is 0.303 e. The van der Waals surface area contributed by atoms with Gasteiger partial charge in [-0.15, -0.1) is 0 Å². The van der Waals surface area contributed by atoms with Gasteiger partial charge in [0, 0.05) is 18.7 Å². The Morgan fingerprint density at radius 3 is 2.52 bits per heavy atom. The molecular weight excluding hydrogens is 266 g/mol. The number of para-hydroxylation sites is 1. The van der Waals surface area contributed by atoms with Gasteiger partial charge in [-0.1, -0.05) is 18.2 Å². The smallest absolute Gasteiger partial charge is 0.303 e. The minimum absolute atomic E-state index is 0.0647.